The molecule has 0 radical (unpaired) electrons. The molecule has 0 aliphatic carbocycles. The van der Waals surface area contributed by atoms with Gasteiger partial charge in [-0.2, -0.15) is 0 Å². The lowest BCUT2D eigenvalue weighted by molar-refractivity contribution is 0.121. The molecule has 1 aliphatic heterocycles. The lowest BCUT2D eigenvalue weighted by atomic mass is 10.0. The zero-order valence-corrected chi connectivity index (χ0v) is 14.4. The van der Waals surface area contributed by atoms with E-state index < -0.39 is 0 Å². The highest BCUT2D eigenvalue weighted by molar-refractivity contribution is 5.33. The Morgan fingerprint density at radius 1 is 1.33 bits per heavy atom. The first-order valence-corrected chi connectivity index (χ1v) is 8.50. The summed E-state index contributed by atoms with van der Waals surface area (Å²) < 4.78 is 5.78. The molecule has 0 spiro atoms. The van der Waals surface area contributed by atoms with Gasteiger partial charge in [0.15, 0.2) is 0 Å². The number of aromatic nitrogens is 2. The maximum atomic E-state index is 11.4. The van der Waals surface area contributed by atoms with Gasteiger partial charge in [0.1, 0.15) is 0 Å². The van der Waals surface area contributed by atoms with Crippen molar-refractivity contribution >= 4 is 0 Å². The van der Waals surface area contributed by atoms with Crippen molar-refractivity contribution in [1.29, 1.82) is 0 Å². The second-order valence-corrected chi connectivity index (χ2v) is 6.65. The van der Waals surface area contributed by atoms with Crippen molar-refractivity contribution in [1.82, 2.24) is 14.9 Å². The first-order valence-electron chi connectivity index (χ1n) is 8.50. The molecule has 0 bridgehead atoms. The van der Waals surface area contributed by atoms with Gasteiger partial charge >= 0.3 is 0 Å². The number of hydrogen-bond donors (Lipinski definition) is 1. The van der Waals surface area contributed by atoms with Crippen molar-refractivity contribution < 1.29 is 4.74 Å². The second kappa shape index (κ2) is 7.73. The van der Waals surface area contributed by atoms with Gasteiger partial charge in [-0.3, -0.25) is 9.69 Å². The van der Waals surface area contributed by atoms with Gasteiger partial charge in [-0.25, -0.2) is 4.98 Å². The summed E-state index contributed by atoms with van der Waals surface area (Å²) in [6.45, 7) is 8.67. The Morgan fingerprint density at radius 3 is 2.88 bits per heavy atom. The molecule has 1 unspecified atom stereocenters. The van der Waals surface area contributed by atoms with Crippen molar-refractivity contribution in [3.8, 4) is 0 Å². The Kier molecular flexibility index (Phi) is 5.43. The van der Waals surface area contributed by atoms with Gasteiger partial charge in [0.05, 0.1) is 19.5 Å². The Morgan fingerprint density at radius 2 is 2.12 bits per heavy atom. The Labute approximate surface area is 142 Å². The van der Waals surface area contributed by atoms with Crippen molar-refractivity contribution in [3.63, 3.8) is 0 Å². The van der Waals surface area contributed by atoms with E-state index in [4.69, 9.17) is 4.74 Å². The van der Waals surface area contributed by atoms with Crippen molar-refractivity contribution in [3.05, 3.63) is 63.3 Å². The smallest absolute Gasteiger partial charge is 0.250 e. The van der Waals surface area contributed by atoms with Crippen LogP contribution in [0.5, 0.6) is 0 Å². The van der Waals surface area contributed by atoms with E-state index in [1.54, 1.807) is 6.07 Å². The molecule has 2 heterocycles. The first-order chi connectivity index (χ1) is 11.6. The predicted molar refractivity (Wildman–Crippen MR) is 94.1 cm³/mol. The van der Waals surface area contributed by atoms with Crippen LogP contribution in [0, 0.1) is 19.8 Å². The van der Waals surface area contributed by atoms with Crippen LogP contribution in [0.2, 0.25) is 0 Å². The van der Waals surface area contributed by atoms with Gasteiger partial charge in [0, 0.05) is 37.3 Å². The van der Waals surface area contributed by atoms with Gasteiger partial charge in [-0.15, -0.1) is 0 Å². The summed E-state index contributed by atoms with van der Waals surface area (Å²) in [6.07, 6.45) is 2.25. The summed E-state index contributed by atoms with van der Waals surface area (Å²) in [4.78, 5) is 20.7. The minimum atomic E-state index is -0.0954. The summed E-state index contributed by atoms with van der Waals surface area (Å²) in [7, 11) is 0. The molecule has 1 aromatic carbocycles. The summed E-state index contributed by atoms with van der Waals surface area (Å²) >= 11 is 0. The maximum Gasteiger partial charge on any atom is 0.250 e. The summed E-state index contributed by atoms with van der Waals surface area (Å²) in [5.74, 6) is 0.353. The molecule has 1 N–H and O–H groups in total. The number of nitrogens with zero attached hydrogens (tertiary/aromatic N) is 2. The lowest BCUT2D eigenvalue weighted by Gasteiger charge is -2.25. The summed E-state index contributed by atoms with van der Waals surface area (Å²) in [5, 5.41) is 0. The van der Waals surface area contributed by atoms with Gasteiger partial charge in [-0.05, 0) is 37.0 Å². The number of nitrogens with one attached hydrogen (secondary N) is 1. The topological polar surface area (TPSA) is 58.2 Å². The van der Waals surface area contributed by atoms with Gasteiger partial charge in [-0.1, -0.05) is 18.2 Å². The number of aryl methyl sites for hydroxylation is 2. The van der Waals surface area contributed by atoms with Gasteiger partial charge in [0.2, 0.25) is 0 Å². The normalized spacial score (nSPS) is 19.2. The van der Waals surface area contributed by atoms with E-state index in [1.807, 2.05) is 0 Å². The predicted octanol–water partition coefficient (Wildman–Crippen LogP) is 2.08. The molecule has 1 fully saturated rings. The molecule has 5 heteroatoms. The van der Waals surface area contributed by atoms with Crippen LogP contribution in [-0.4, -0.2) is 41.2 Å². The highest BCUT2D eigenvalue weighted by Crippen LogP contribution is 2.19. The maximum absolute atomic E-state index is 11.4. The minimum absolute atomic E-state index is 0.0954. The van der Waals surface area contributed by atoms with E-state index in [0.29, 0.717) is 5.92 Å². The molecular formula is C19H25N3O2. The molecule has 2 aromatic rings. The largest absolute Gasteiger partial charge is 0.380 e. The van der Waals surface area contributed by atoms with Gasteiger partial charge in [0.25, 0.3) is 5.56 Å². The third-order valence-corrected chi connectivity index (χ3v) is 4.68. The Balaban J connectivity index is 1.69. The average molecular weight is 327 g/mol. The fraction of sp³-hybridized carbons (Fsp3) is 0.474. The third kappa shape index (κ3) is 4.30. The fourth-order valence-electron chi connectivity index (χ4n) is 3.36. The summed E-state index contributed by atoms with van der Waals surface area (Å²) in [5.41, 5.74) is 4.83. The van der Waals surface area contributed by atoms with Crippen LogP contribution >= 0.6 is 0 Å². The zero-order valence-electron chi connectivity index (χ0n) is 14.4. The van der Waals surface area contributed by atoms with Gasteiger partial charge < -0.3 is 9.72 Å². The van der Waals surface area contributed by atoms with Crippen LogP contribution < -0.4 is 5.56 Å². The molecule has 5 nitrogen and oxygen atoms in total. The molecule has 1 aliphatic rings. The van der Waals surface area contributed by atoms with Crippen molar-refractivity contribution in [2.75, 3.05) is 26.3 Å². The minimum Gasteiger partial charge on any atom is -0.380 e. The van der Waals surface area contributed by atoms with Crippen LogP contribution in [0.4, 0.5) is 0 Å². The molecule has 1 aromatic heterocycles. The standard InChI is InChI=1S/C19H25N3O2/c1-14-4-3-5-15(2)18(14)11-22-6-7-24-12-16(10-22)8-17-9-19(23)21-13-20-17/h3-5,9,13,16H,6-8,10-12H2,1-2H3,(H,20,21,23). The molecular weight excluding hydrogens is 302 g/mol. The monoisotopic (exact) mass is 327 g/mol. The lowest BCUT2D eigenvalue weighted by Crippen LogP contribution is -2.31. The molecule has 0 amide bonds. The van der Waals surface area contributed by atoms with Crippen LogP contribution in [0.25, 0.3) is 0 Å². The Bertz CT molecular complexity index is 721. The second-order valence-electron chi connectivity index (χ2n) is 6.65. The molecule has 3 rings (SSSR count). The van der Waals surface area contributed by atoms with Crippen LogP contribution in [0.3, 0.4) is 0 Å². The van der Waals surface area contributed by atoms with E-state index in [1.165, 1.54) is 23.0 Å². The highest BCUT2D eigenvalue weighted by Gasteiger charge is 2.20. The van der Waals surface area contributed by atoms with Crippen LogP contribution in [0.15, 0.2) is 35.4 Å². The first kappa shape index (κ1) is 16.9. The van der Waals surface area contributed by atoms with E-state index in [-0.39, 0.29) is 5.56 Å². The van der Waals surface area contributed by atoms with E-state index in [2.05, 4.69) is 46.9 Å². The van der Waals surface area contributed by atoms with Crippen molar-refractivity contribution in [2.45, 2.75) is 26.8 Å². The van der Waals surface area contributed by atoms with Crippen molar-refractivity contribution in [2.24, 2.45) is 5.92 Å². The quantitative estimate of drug-likeness (QED) is 0.934. The number of H-pyrrole nitrogens is 1. The molecule has 128 valence electrons. The Hall–Kier alpha value is -1.98. The number of ether oxygens (including phenoxy) is 1. The van der Waals surface area contributed by atoms with E-state index in [9.17, 15) is 4.79 Å². The van der Waals surface area contributed by atoms with E-state index in [0.717, 1.165) is 45.0 Å². The van der Waals surface area contributed by atoms with Crippen LogP contribution in [-0.2, 0) is 17.7 Å². The average Bonchev–Trinajstić information content (AvgIpc) is 2.76. The fourth-order valence-corrected chi connectivity index (χ4v) is 3.36. The zero-order chi connectivity index (χ0) is 16.9. The number of benzene rings is 1. The van der Waals surface area contributed by atoms with Crippen LogP contribution in [0.1, 0.15) is 22.4 Å². The number of rotatable bonds is 4. The third-order valence-electron chi connectivity index (χ3n) is 4.68. The number of aromatic amines is 1. The summed E-state index contributed by atoms with van der Waals surface area (Å²) in [6, 6.07) is 8.05. The number of hydrogen-bond acceptors (Lipinski definition) is 4. The molecule has 24 heavy (non-hydrogen) atoms. The SMILES string of the molecule is Cc1cccc(C)c1CN1CCOCC(Cc2cc(=O)[nH]cn2)C1. The highest BCUT2D eigenvalue weighted by atomic mass is 16.5. The molecule has 0 saturated carbocycles. The molecule has 1 saturated heterocycles. The molecule has 1 atom stereocenters. The van der Waals surface area contributed by atoms with E-state index >= 15 is 0 Å².